The van der Waals surface area contributed by atoms with Gasteiger partial charge in [0.1, 0.15) is 11.9 Å². The molecule has 0 bridgehead atoms. The number of hydrogen-bond acceptors (Lipinski definition) is 5. The summed E-state index contributed by atoms with van der Waals surface area (Å²) in [5.74, 6) is 0.318. The van der Waals surface area contributed by atoms with Crippen molar-refractivity contribution in [2.24, 2.45) is 5.41 Å². The minimum absolute atomic E-state index is 0.127. The van der Waals surface area contributed by atoms with Crippen molar-refractivity contribution in [1.29, 1.82) is 0 Å². The fourth-order valence-electron chi connectivity index (χ4n) is 3.40. The van der Waals surface area contributed by atoms with Crippen LogP contribution in [0.4, 0.5) is 0 Å². The molecule has 1 aliphatic rings. The molecule has 1 saturated heterocycles. The van der Waals surface area contributed by atoms with Crippen molar-refractivity contribution >= 4 is 17.5 Å². The summed E-state index contributed by atoms with van der Waals surface area (Å²) in [7, 11) is 0. The average Bonchev–Trinajstić information content (AvgIpc) is 2.66. The number of aliphatic hydroxyl groups is 1. The van der Waals surface area contributed by atoms with Crippen LogP contribution in [0.5, 0.6) is 5.75 Å². The van der Waals surface area contributed by atoms with Gasteiger partial charge in [0.05, 0.1) is 17.7 Å². The minimum Gasteiger partial charge on any atom is -0.489 e. The molecule has 1 atom stereocenters. The van der Waals surface area contributed by atoms with Crippen LogP contribution in [-0.2, 0) is 4.74 Å². The van der Waals surface area contributed by atoms with Crippen LogP contribution < -0.4 is 10.1 Å². The van der Waals surface area contributed by atoms with E-state index in [1.807, 2.05) is 6.92 Å². The van der Waals surface area contributed by atoms with Crippen molar-refractivity contribution in [3.63, 3.8) is 0 Å². The third kappa shape index (κ3) is 8.51. The van der Waals surface area contributed by atoms with Crippen molar-refractivity contribution in [1.82, 2.24) is 10.2 Å². The van der Waals surface area contributed by atoms with Crippen LogP contribution in [0, 0.1) is 5.41 Å². The quantitative estimate of drug-likeness (QED) is 0.633. The molecule has 1 aromatic rings. The monoisotopic (exact) mass is 426 g/mol. The number of ether oxygens (including phenoxy) is 2. The Balaban J connectivity index is 1.83. The molecule has 0 saturated carbocycles. The number of carbonyl (C=O) groups is 1. The SMILES string of the molecule is CCOC[C@H](O)CNC(=O)c1ccc(OC2CCN(CC(C)(C)C)CC2)c(Cl)c1. The highest BCUT2D eigenvalue weighted by Crippen LogP contribution is 2.29. The fraction of sp³-hybridized carbons (Fsp3) is 0.682. The standard InChI is InChI=1S/C22H35ClN2O4/c1-5-28-14-17(26)13-24-21(27)16-6-7-20(19(23)12-16)29-18-8-10-25(11-9-18)15-22(2,3)4/h6-7,12,17-18,26H,5,8-11,13-15H2,1-4H3,(H,24,27)/t17-/m1/s1. The predicted octanol–water partition coefficient (Wildman–Crippen LogP) is 3.36. The number of likely N-dealkylation sites (tertiary alicyclic amines) is 1. The maximum absolute atomic E-state index is 12.3. The molecule has 0 aliphatic carbocycles. The van der Waals surface area contributed by atoms with E-state index in [0.29, 0.717) is 28.4 Å². The van der Waals surface area contributed by atoms with Gasteiger partial charge in [0.2, 0.25) is 0 Å². The van der Waals surface area contributed by atoms with Crippen LogP contribution in [0.2, 0.25) is 5.02 Å². The number of benzene rings is 1. The number of aliphatic hydroxyl groups excluding tert-OH is 1. The number of nitrogens with zero attached hydrogens (tertiary/aromatic N) is 1. The Labute approximate surface area is 179 Å². The van der Waals surface area contributed by atoms with Crippen molar-refractivity contribution in [3.05, 3.63) is 28.8 Å². The second-order valence-corrected chi connectivity index (χ2v) is 9.23. The van der Waals surface area contributed by atoms with Crippen molar-refractivity contribution in [3.8, 4) is 5.75 Å². The molecule has 0 spiro atoms. The molecule has 0 aromatic heterocycles. The summed E-state index contributed by atoms with van der Waals surface area (Å²) in [5, 5.41) is 12.9. The lowest BCUT2D eigenvalue weighted by Gasteiger charge is -2.36. The maximum atomic E-state index is 12.3. The van der Waals surface area contributed by atoms with Gasteiger partial charge in [-0.05, 0) is 43.4 Å². The summed E-state index contributed by atoms with van der Waals surface area (Å²) in [6.45, 7) is 12.6. The molecule has 164 valence electrons. The number of rotatable bonds is 9. The third-order valence-electron chi connectivity index (χ3n) is 4.73. The number of halogens is 1. The van der Waals surface area contributed by atoms with E-state index in [1.165, 1.54) is 0 Å². The van der Waals surface area contributed by atoms with E-state index in [1.54, 1.807) is 18.2 Å². The van der Waals surface area contributed by atoms with Crippen molar-refractivity contribution in [2.45, 2.75) is 52.7 Å². The predicted molar refractivity (Wildman–Crippen MR) is 116 cm³/mol. The molecule has 29 heavy (non-hydrogen) atoms. The van der Waals surface area contributed by atoms with Gasteiger partial charge in [-0.3, -0.25) is 4.79 Å². The molecule has 1 fully saturated rings. The van der Waals surface area contributed by atoms with Gasteiger partial charge in [-0.15, -0.1) is 0 Å². The number of carbonyl (C=O) groups excluding carboxylic acids is 1. The van der Waals surface area contributed by atoms with Crippen LogP contribution in [0.3, 0.4) is 0 Å². The van der Waals surface area contributed by atoms with E-state index in [0.717, 1.165) is 32.5 Å². The zero-order valence-electron chi connectivity index (χ0n) is 18.0. The average molecular weight is 427 g/mol. The minimum atomic E-state index is -0.735. The van der Waals surface area contributed by atoms with Crippen molar-refractivity contribution in [2.75, 3.05) is 39.4 Å². The Morgan fingerprint density at radius 2 is 2.03 bits per heavy atom. The third-order valence-corrected chi connectivity index (χ3v) is 5.03. The van der Waals surface area contributed by atoms with Gasteiger partial charge < -0.3 is 24.8 Å². The lowest BCUT2D eigenvalue weighted by Crippen LogP contribution is -2.42. The molecular weight excluding hydrogens is 392 g/mol. The van der Waals surface area contributed by atoms with Gasteiger partial charge in [0.25, 0.3) is 5.91 Å². The van der Waals surface area contributed by atoms with Crippen LogP contribution in [-0.4, -0.2) is 67.5 Å². The van der Waals surface area contributed by atoms with Gasteiger partial charge in [-0.1, -0.05) is 32.4 Å². The summed E-state index contributed by atoms with van der Waals surface area (Å²) in [5.41, 5.74) is 0.734. The van der Waals surface area contributed by atoms with E-state index in [4.69, 9.17) is 21.1 Å². The molecule has 2 N–H and O–H groups in total. The maximum Gasteiger partial charge on any atom is 0.251 e. The Morgan fingerprint density at radius 1 is 1.34 bits per heavy atom. The van der Waals surface area contributed by atoms with Crippen LogP contribution >= 0.6 is 11.6 Å². The molecule has 1 heterocycles. The molecule has 1 aromatic carbocycles. The fourth-order valence-corrected chi connectivity index (χ4v) is 3.62. The van der Waals surface area contributed by atoms with E-state index in [9.17, 15) is 9.90 Å². The van der Waals surface area contributed by atoms with E-state index in [2.05, 4.69) is 31.0 Å². The highest BCUT2D eigenvalue weighted by atomic mass is 35.5. The first kappa shape index (κ1) is 23.9. The lowest BCUT2D eigenvalue weighted by atomic mass is 9.94. The molecule has 0 unspecified atom stereocenters. The number of nitrogens with one attached hydrogen (secondary N) is 1. The number of piperidine rings is 1. The van der Waals surface area contributed by atoms with Crippen LogP contribution in [0.15, 0.2) is 18.2 Å². The first-order valence-corrected chi connectivity index (χ1v) is 10.8. The Bertz CT molecular complexity index is 655. The second kappa shape index (κ2) is 11.2. The Kier molecular flexibility index (Phi) is 9.21. The normalized spacial score (nSPS) is 17.2. The highest BCUT2D eigenvalue weighted by molar-refractivity contribution is 6.32. The molecule has 2 rings (SSSR count). The first-order valence-electron chi connectivity index (χ1n) is 10.4. The molecule has 1 aliphatic heterocycles. The van der Waals surface area contributed by atoms with Gasteiger partial charge in [0.15, 0.2) is 0 Å². The van der Waals surface area contributed by atoms with Gasteiger partial charge in [-0.25, -0.2) is 0 Å². The van der Waals surface area contributed by atoms with E-state index in [-0.39, 0.29) is 25.2 Å². The molecule has 6 nitrogen and oxygen atoms in total. The van der Waals surface area contributed by atoms with Crippen LogP contribution in [0.1, 0.15) is 50.9 Å². The Hall–Kier alpha value is -1.34. The molecule has 1 amide bonds. The highest BCUT2D eigenvalue weighted by Gasteiger charge is 2.24. The molecule has 0 radical (unpaired) electrons. The van der Waals surface area contributed by atoms with Gasteiger partial charge >= 0.3 is 0 Å². The van der Waals surface area contributed by atoms with E-state index >= 15 is 0 Å². The van der Waals surface area contributed by atoms with Crippen LogP contribution in [0.25, 0.3) is 0 Å². The topological polar surface area (TPSA) is 71.0 Å². The Morgan fingerprint density at radius 3 is 2.62 bits per heavy atom. The van der Waals surface area contributed by atoms with Crippen molar-refractivity contribution < 1.29 is 19.4 Å². The van der Waals surface area contributed by atoms with Gasteiger partial charge in [0, 0.05) is 38.3 Å². The largest absolute Gasteiger partial charge is 0.489 e. The summed E-state index contributed by atoms with van der Waals surface area (Å²) in [6.07, 6.45) is 1.33. The molecular formula is C22H35ClN2O4. The molecule has 7 heteroatoms. The summed E-state index contributed by atoms with van der Waals surface area (Å²) in [6, 6.07) is 5.05. The summed E-state index contributed by atoms with van der Waals surface area (Å²) >= 11 is 6.35. The first-order chi connectivity index (χ1) is 13.7. The number of amides is 1. The summed E-state index contributed by atoms with van der Waals surface area (Å²) in [4.78, 5) is 14.7. The smallest absolute Gasteiger partial charge is 0.251 e. The zero-order valence-corrected chi connectivity index (χ0v) is 18.8. The lowest BCUT2D eigenvalue weighted by molar-refractivity contribution is 0.0418. The second-order valence-electron chi connectivity index (χ2n) is 8.82. The van der Waals surface area contributed by atoms with E-state index < -0.39 is 6.10 Å². The zero-order chi connectivity index (χ0) is 21.4. The van der Waals surface area contributed by atoms with Gasteiger partial charge in [-0.2, -0.15) is 0 Å². The number of hydrogen-bond donors (Lipinski definition) is 2. The summed E-state index contributed by atoms with van der Waals surface area (Å²) < 4.78 is 11.2.